The molecule has 1 unspecified atom stereocenters. The molecule has 1 fully saturated rings. The molecular formula is C27H35N3O3. The predicted molar refractivity (Wildman–Crippen MR) is 130 cm³/mol. The van der Waals surface area contributed by atoms with Gasteiger partial charge in [0.1, 0.15) is 6.04 Å². The van der Waals surface area contributed by atoms with Crippen LogP contribution >= 0.6 is 0 Å². The molecule has 1 saturated heterocycles. The number of amides is 3. The lowest BCUT2D eigenvalue weighted by Crippen LogP contribution is -2.54. The van der Waals surface area contributed by atoms with Gasteiger partial charge in [-0.05, 0) is 62.3 Å². The number of nitrogens with zero attached hydrogens (tertiary/aromatic N) is 1. The maximum Gasteiger partial charge on any atom is 0.253 e. The number of piperidine rings is 1. The normalized spacial score (nSPS) is 15.2. The molecule has 2 aromatic rings. The Morgan fingerprint density at radius 3 is 2.33 bits per heavy atom. The average Bonchev–Trinajstić information content (AvgIpc) is 2.81. The lowest BCUT2D eigenvalue weighted by molar-refractivity contribution is -0.124. The van der Waals surface area contributed by atoms with Gasteiger partial charge in [-0.15, -0.1) is 0 Å². The van der Waals surface area contributed by atoms with Crippen molar-refractivity contribution < 1.29 is 14.4 Å². The summed E-state index contributed by atoms with van der Waals surface area (Å²) in [6.07, 6.45) is 1.32. The van der Waals surface area contributed by atoms with Gasteiger partial charge >= 0.3 is 0 Å². The molecule has 3 rings (SSSR count). The largest absolute Gasteiger partial charge is 0.354 e. The summed E-state index contributed by atoms with van der Waals surface area (Å²) in [5.41, 5.74) is 3.19. The summed E-state index contributed by atoms with van der Waals surface area (Å²) >= 11 is 0. The van der Waals surface area contributed by atoms with Gasteiger partial charge in [-0.1, -0.05) is 49.7 Å². The van der Waals surface area contributed by atoms with E-state index in [2.05, 4.69) is 10.6 Å². The van der Waals surface area contributed by atoms with Gasteiger partial charge in [-0.25, -0.2) is 0 Å². The summed E-state index contributed by atoms with van der Waals surface area (Å²) in [6, 6.07) is 14.4. The topological polar surface area (TPSA) is 78.5 Å². The minimum Gasteiger partial charge on any atom is -0.354 e. The molecule has 33 heavy (non-hydrogen) atoms. The second-order valence-corrected chi connectivity index (χ2v) is 9.40. The van der Waals surface area contributed by atoms with Crippen LogP contribution in [0.2, 0.25) is 0 Å². The van der Waals surface area contributed by atoms with Gasteiger partial charge in [0.25, 0.3) is 11.8 Å². The van der Waals surface area contributed by atoms with Gasteiger partial charge in [0.05, 0.1) is 0 Å². The van der Waals surface area contributed by atoms with Crippen LogP contribution < -0.4 is 10.6 Å². The highest BCUT2D eigenvalue weighted by molar-refractivity contribution is 5.98. The Balaban J connectivity index is 1.70. The van der Waals surface area contributed by atoms with Crippen LogP contribution in [0.1, 0.15) is 58.5 Å². The van der Waals surface area contributed by atoms with Crippen LogP contribution in [0.25, 0.3) is 0 Å². The zero-order chi connectivity index (χ0) is 24.0. The molecule has 176 valence electrons. The summed E-state index contributed by atoms with van der Waals surface area (Å²) in [7, 11) is 0. The van der Waals surface area contributed by atoms with E-state index in [1.807, 2.05) is 75.1 Å². The highest BCUT2D eigenvalue weighted by Gasteiger charge is 2.34. The molecule has 1 heterocycles. The van der Waals surface area contributed by atoms with E-state index in [1.165, 1.54) is 0 Å². The van der Waals surface area contributed by atoms with Crippen LogP contribution in [-0.4, -0.2) is 48.3 Å². The van der Waals surface area contributed by atoms with Crippen LogP contribution in [-0.2, 0) is 4.79 Å². The van der Waals surface area contributed by atoms with E-state index < -0.39 is 6.04 Å². The van der Waals surface area contributed by atoms with E-state index in [0.29, 0.717) is 49.5 Å². The van der Waals surface area contributed by atoms with E-state index in [-0.39, 0.29) is 23.6 Å². The number of carbonyl (C=O) groups is 3. The standard InChI is InChI=1S/C27H35N3O3/c1-18(2)17-28-26(32)24(29-25(31)23-11-6-5-9-20(23)4)21-12-14-30(15-13-21)27(33)22-10-7-8-19(3)16-22/h5-11,16,18,21,24H,12-15,17H2,1-4H3,(H,28,32)(H,29,31). The van der Waals surface area contributed by atoms with E-state index in [0.717, 1.165) is 11.1 Å². The highest BCUT2D eigenvalue weighted by Crippen LogP contribution is 2.23. The first-order chi connectivity index (χ1) is 15.8. The third kappa shape index (κ3) is 6.44. The number of aryl methyl sites for hydroxylation is 2. The van der Waals surface area contributed by atoms with Crippen LogP contribution in [0.4, 0.5) is 0 Å². The lowest BCUT2D eigenvalue weighted by atomic mass is 9.88. The number of hydrogen-bond donors (Lipinski definition) is 2. The Bertz CT molecular complexity index is 994. The van der Waals surface area contributed by atoms with Crippen molar-refractivity contribution in [2.24, 2.45) is 11.8 Å². The zero-order valence-electron chi connectivity index (χ0n) is 20.1. The van der Waals surface area contributed by atoms with Crippen LogP contribution in [0, 0.1) is 25.7 Å². The van der Waals surface area contributed by atoms with Gasteiger partial charge in [0.2, 0.25) is 5.91 Å². The van der Waals surface area contributed by atoms with Gasteiger partial charge in [0.15, 0.2) is 0 Å². The molecule has 0 radical (unpaired) electrons. The van der Waals surface area contributed by atoms with Crippen molar-refractivity contribution in [1.82, 2.24) is 15.5 Å². The molecule has 6 heteroatoms. The quantitative estimate of drug-likeness (QED) is 0.676. The summed E-state index contributed by atoms with van der Waals surface area (Å²) < 4.78 is 0. The maximum atomic E-state index is 13.1. The molecule has 0 aliphatic carbocycles. The Morgan fingerprint density at radius 2 is 1.70 bits per heavy atom. The summed E-state index contributed by atoms with van der Waals surface area (Å²) in [4.78, 5) is 40.8. The van der Waals surface area contributed by atoms with Gasteiger partial charge in [-0.2, -0.15) is 0 Å². The highest BCUT2D eigenvalue weighted by atomic mass is 16.2. The van der Waals surface area contributed by atoms with Gasteiger partial charge in [-0.3, -0.25) is 14.4 Å². The molecule has 3 amide bonds. The lowest BCUT2D eigenvalue weighted by Gasteiger charge is -2.36. The first-order valence-corrected chi connectivity index (χ1v) is 11.8. The van der Waals surface area contributed by atoms with Crippen molar-refractivity contribution in [3.63, 3.8) is 0 Å². The molecule has 0 saturated carbocycles. The summed E-state index contributed by atoms with van der Waals surface area (Å²) in [5, 5.41) is 5.98. The molecule has 1 atom stereocenters. The predicted octanol–water partition coefficient (Wildman–Crippen LogP) is 3.73. The van der Waals surface area contributed by atoms with Crippen molar-refractivity contribution in [1.29, 1.82) is 0 Å². The fraction of sp³-hybridized carbons (Fsp3) is 0.444. The Kier molecular flexibility index (Phi) is 8.26. The van der Waals surface area contributed by atoms with E-state index in [9.17, 15) is 14.4 Å². The smallest absolute Gasteiger partial charge is 0.253 e. The fourth-order valence-electron chi connectivity index (χ4n) is 4.26. The number of benzene rings is 2. The Morgan fingerprint density at radius 1 is 1.00 bits per heavy atom. The van der Waals surface area contributed by atoms with Gasteiger partial charge in [0, 0.05) is 30.8 Å². The molecular weight excluding hydrogens is 414 g/mol. The molecule has 2 aromatic carbocycles. The molecule has 2 N–H and O–H groups in total. The monoisotopic (exact) mass is 449 g/mol. The number of carbonyl (C=O) groups excluding carboxylic acids is 3. The first kappa shape index (κ1) is 24.5. The van der Waals surface area contributed by atoms with Crippen LogP contribution in [0.3, 0.4) is 0 Å². The van der Waals surface area contributed by atoms with Crippen molar-refractivity contribution in [3.05, 3.63) is 70.8 Å². The summed E-state index contributed by atoms with van der Waals surface area (Å²) in [6.45, 7) is 9.61. The minimum atomic E-state index is -0.632. The molecule has 6 nitrogen and oxygen atoms in total. The SMILES string of the molecule is Cc1cccc(C(=O)N2CCC(C(NC(=O)c3ccccc3C)C(=O)NCC(C)C)CC2)c1. The number of likely N-dealkylation sites (tertiary alicyclic amines) is 1. The second kappa shape index (κ2) is 11.1. The Hall–Kier alpha value is -3.15. The average molecular weight is 450 g/mol. The zero-order valence-corrected chi connectivity index (χ0v) is 20.1. The van der Waals surface area contributed by atoms with E-state index in [1.54, 1.807) is 6.07 Å². The maximum absolute atomic E-state index is 13.1. The van der Waals surface area contributed by atoms with Gasteiger partial charge < -0.3 is 15.5 Å². The number of nitrogens with one attached hydrogen (secondary N) is 2. The summed E-state index contributed by atoms with van der Waals surface area (Å²) in [5.74, 6) is -0.103. The minimum absolute atomic E-state index is 0.0157. The van der Waals surface area contributed by atoms with Crippen LogP contribution in [0.5, 0.6) is 0 Å². The second-order valence-electron chi connectivity index (χ2n) is 9.40. The molecule has 0 bridgehead atoms. The van der Waals surface area contributed by atoms with Crippen LogP contribution in [0.15, 0.2) is 48.5 Å². The first-order valence-electron chi connectivity index (χ1n) is 11.8. The molecule has 1 aliphatic heterocycles. The Labute approximate surface area is 196 Å². The van der Waals surface area contributed by atoms with Crippen molar-refractivity contribution in [2.45, 2.75) is 46.6 Å². The van der Waals surface area contributed by atoms with E-state index in [4.69, 9.17) is 0 Å². The molecule has 0 aromatic heterocycles. The molecule has 0 spiro atoms. The van der Waals surface area contributed by atoms with Crippen molar-refractivity contribution in [3.8, 4) is 0 Å². The molecule has 1 aliphatic rings. The van der Waals surface area contributed by atoms with Crippen molar-refractivity contribution >= 4 is 17.7 Å². The number of hydrogen-bond acceptors (Lipinski definition) is 3. The number of rotatable bonds is 7. The third-order valence-corrected chi connectivity index (χ3v) is 6.21. The van der Waals surface area contributed by atoms with E-state index >= 15 is 0 Å². The van der Waals surface area contributed by atoms with Crippen molar-refractivity contribution in [2.75, 3.05) is 19.6 Å². The third-order valence-electron chi connectivity index (χ3n) is 6.21. The fourth-order valence-corrected chi connectivity index (χ4v) is 4.26.